The van der Waals surface area contributed by atoms with Gasteiger partial charge in [-0.3, -0.25) is 0 Å². The molecule has 0 radical (unpaired) electrons. The van der Waals surface area contributed by atoms with Crippen molar-refractivity contribution in [3.8, 4) is 0 Å². The molecule has 0 saturated carbocycles. The molecule has 2 rings (SSSR count). The van der Waals surface area contributed by atoms with Gasteiger partial charge in [0.1, 0.15) is 11.5 Å². The smallest absolute Gasteiger partial charge is 0.117 e. The van der Waals surface area contributed by atoms with E-state index in [4.69, 9.17) is 4.42 Å². The number of furan rings is 1. The molecule has 14 heavy (non-hydrogen) atoms. The third-order valence-corrected chi connectivity index (χ3v) is 2.59. The second-order valence-electron chi connectivity index (χ2n) is 3.86. The molecule has 1 atom stereocenters. The summed E-state index contributed by atoms with van der Waals surface area (Å²) in [6.45, 7) is 2.81. The van der Waals surface area contributed by atoms with E-state index in [9.17, 15) is 0 Å². The van der Waals surface area contributed by atoms with Crippen LogP contribution in [0.25, 0.3) is 0 Å². The van der Waals surface area contributed by atoms with Crippen molar-refractivity contribution in [2.75, 3.05) is 0 Å². The summed E-state index contributed by atoms with van der Waals surface area (Å²) in [6.07, 6.45) is 8.30. The summed E-state index contributed by atoms with van der Waals surface area (Å²) in [5.41, 5.74) is 0. The second kappa shape index (κ2) is 4.47. The van der Waals surface area contributed by atoms with Gasteiger partial charge in [-0.05, 0) is 38.3 Å². The Labute approximate surface area is 85.0 Å². The lowest BCUT2D eigenvalue weighted by atomic mass is 10.0. The third-order valence-electron chi connectivity index (χ3n) is 2.59. The van der Waals surface area contributed by atoms with Crippen LogP contribution in [0.5, 0.6) is 0 Å². The molecule has 0 fully saturated rings. The van der Waals surface area contributed by atoms with Crippen LogP contribution >= 0.6 is 0 Å². The second-order valence-corrected chi connectivity index (χ2v) is 3.86. The molecule has 0 saturated heterocycles. The van der Waals surface area contributed by atoms with Gasteiger partial charge in [-0.15, -0.1) is 0 Å². The summed E-state index contributed by atoms with van der Waals surface area (Å²) in [4.78, 5) is 0. The molecule has 0 aliphatic heterocycles. The van der Waals surface area contributed by atoms with Crippen molar-refractivity contribution in [1.29, 1.82) is 0 Å². The lowest BCUT2D eigenvalue weighted by Crippen LogP contribution is -2.27. The molecule has 0 bridgehead atoms. The van der Waals surface area contributed by atoms with Crippen LogP contribution in [-0.4, -0.2) is 6.04 Å². The molecule has 1 aromatic heterocycles. The van der Waals surface area contributed by atoms with Crippen molar-refractivity contribution in [3.05, 3.63) is 35.8 Å². The van der Waals surface area contributed by atoms with Crippen molar-refractivity contribution < 1.29 is 4.42 Å². The van der Waals surface area contributed by atoms with E-state index in [0.717, 1.165) is 18.1 Å². The van der Waals surface area contributed by atoms with Crippen LogP contribution in [-0.2, 0) is 6.54 Å². The fourth-order valence-corrected chi connectivity index (χ4v) is 1.79. The van der Waals surface area contributed by atoms with Crippen molar-refractivity contribution in [3.63, 3.8) is 0 Å². The normalized spacial score (nSPS) is 21.4. The quantitative estimate of drug-likeness (QED) is 0.743. The van der Waals surface area contributed by atoms with Crippen molar-refractivity contribution in [2.45, 2.75) is 38.8 Å². The maximum Gasteiger partial charge on any atom is 0.117 e. The third kappa shape index (κ3) is 2.48. The van der Waals surface area contributed by atoms with E-state index in [1.807, 2.05) is 19.1 Å². The SMILES string of the molecule is Cc1ccc(CNC2C=CCCC2)o1. The topological polar surface area (TPSA) is 25.2 Å². The fourth-order valence-electron chi connectivity index (χ4n) is 1.79. The number of nitrogens with one attached hydrogen (secondary N) is 1. The molecule has 0 amide bonds. The van der Waals surface area contributed by atoms with Gasteiger partial charge in [-0.1, -0.05) is 12.2 Å². The van der Waals surface area contributed by atoms with E-state index >= 15 is 0 Å². The summed E-state index contributed by atoms with van der Waals surface area (Å²) < 4.78 is 5.49. The number of hydrogen-bond acceptors (Lipinski definition) is 2. The van der Waals surface area contributed by atoms with E-state index < -0.39 is 0 Å². The predicted octanol–water partition coefficient (Wildman–Crippen LogP) is 2.79. The van der Waals surface area contributed by atoms with E-state index in [1.54, 1.807) is 0 Å². The van der Waals surface area contributed by atoms with Gasteiger partial charge in [0.05, 0.1) is 6.54 Å². The largest absolute Gasteiger partial charge is 0.465 e. The van der Waals surface area contributed by atoms with Gasteiger partial charge in [0.25, 0.3) is 0 Å². The minimum atomic E-state index is 0.536. The number of rotatable bonds is 3. The minimum absolute atomic E-state index is 0.536. The van der Waals surface area contributed by atoms with Gasteiger partial charge < -0.3 is 9.73 Å². The summed E-state index contributed by atoms with van der Waals surface area (Å²) in [6, 6.07) is 4.58. The van der Waals surface area contributed by atoms with Gasteiger partial charge >= 0.3 is 0 Å². The molecule has 1 aliphatic rings. The van der Waals surface area contributed by atoms with Crippen LogP contribution in [0, 0.1) is 6.92 Å². The Morgan fingerprint density at radius 3 is 3.07 bits per heavy atom. The molecule has 1 N–H and O–H groups in total. The predicted molar refractivity (Wildman–Crippen MR) is 57.1 cm³/mol. The van der Waals surface area contributed by atoms with Crippen LogP contribution in [0.15, 0.2) is 28.7 Å². The lowest BCUT2D eigenvalue weighted by molar-refractivity contribution is 0.437. The standard InChI is InChI=1S/C12H17NO/c1-10-7-8-12(14-10)9-13-11-5-3-2-4-6-11/h3,5,7-8,11,13H,2,4,6,9H2,1H3. The first-order valence-electron chi connectivity index (χ1n) is 5.30. The molecule has 1 aliphatic carbocycles. The molecular formula is C12H17NO. The fraction of sp³-hybridized carbons (Fsp3) is 0.500. The highest BCUT2D eigenvalue weighted by molar-refractivity contribution is 5.06. The molecule has 1 unspecified atom stereocenters. The first-order valence-corrected chi connectivity index (χ1v) is 5.30. The lowest BCUT2D eigenvalue weighted by Gasteiger charge is -2.16. The van der Waals surface area contributed by atoms with Crippen molar-refractivity contribution >= 4 is 0 Å². The zero-order valence-corrected chi connectivity index (χ0v) is 8.62. The number of aryl methyl sites for hydroxylation is 1. The van der Waals surface area contributed by atoms with E-state index in [1.165, 1.54) is 19.3 Å². The molecule has 2 heteroatoms. The van der Waals surface area contributed by atoms with Gasteiger partial charge in [-0.25, -0.2) is 0 Å². The van der Waals surface area contributed by atoms with Crippen molar-refractivity contribution in [1.82, 2.24) is 5.32 Å². The average Bonchev–Trinajstić information content (AvgIpc) is 2.63. The zero-order chi connectivity index (χ0) is 9.80. The molecule has 1 heterocycles. The van der Waals surface area contributed by atoms with Crippen LogP contribution in [0.2, 0.25) is 0 Å². The van der Waals surface area contributed by atoms with E-state index in [-0.39, 0.29) is 0 Å². The van der Waals surface area contributed by atoms with Gasteiger partial charge in [0.2, 0.25) is 0 Å². The Hall–Kier alpha value is -1.02. The average molecular weight is 191 g/mol. The van der Waals surface area contributed by atoms with E-state index in [2.05, 4.69) is 17.5 Å². The maximum absolute atomic E-state index is 5.49. The molecule has 1 aromatic rings. The molecular weight excluding hydrogens is 174 g/mol. The highest BCUT2D eigenvalue weighted by Crippen LogP contribution is 2.11. The van der Waals surface area contributed by atoms with Gasteiger partial charge in [0, 0.05) is 6.04 Å². The Morgan fingerprint density at radius 2 is 2.43 bits per heavy atom. The molecule has 76 valence electrons. The highest BCUT2D eigenvalue weighted by atomic mass is 16.3. The Kier molecular flexibility index (Phi) is 3.04. The summed E-state index contributed by atoms with van der Waals surface area (Å²) >= 11 is 0. The van der Waals surface area contributed by atoms with Gasteiger partial charge in [0.15, 0.2) is 0 Å². The van der Waals surface area contributed by atoms with Crippen LogP contribution in [0.4, 0.5) is 0 Å². The first-order chi connectivity index (χ1) is 6.84. The monoisotopic (exact) mass is 191 g/mol. The van der Waals surface area contributed by atoms with Gasteiger partial charge in [-0.2, -0.15) is 0 Å². The first kappa shape index (κ1) is 9.53. The Bertz CT molecular complexity index is 314. The Balaban J connectivity index is 1.82. The molecule has 0 aromatic carbocycles. The Morgan fingerprint density at radius 1 is 1.50 bits per heavy atom. The maximum atomic E-state index is 5.49. The van der Waals surface area contributed by atoms with Crippen LogP contribution < -0.4 is 5.32 Å². The summed E-state index contributed by atoms with van der Waals surface area (Å²) in [5, 5.41) is 3.47. The summed E-state index contributed by atoms with van der Waals surface area (Å²) in [5.74, 6) is 2.02. The summed E-state index contributed by atoms with van der Waals surface area (Å²) in [7, 11) is 0. The van der Waals surface area contributed by atoms with Crippen molar-refractivity contribution in [2.24, 2.45) is 0 Å². The minimum Gasteiger partial charge on any atom is -0.465 e. The molecule has 0 spiro atoms. The molecule has 2 nitrogen and oxygen atoms in total. The number of hydrogen-bond donors (Lipinski definition) is 1. The van der Waals surface area contributed by atoms with Crippen LogP contribution in [0.3, 0.4) is 0 Å². The van der Waals surface area contributed by atoms with Crippen LogP contribution in [0.1, 0.15) is 30.8 Å². The van der Waals surface area contributed by atoms with E-state index in [0.29, 0.717) is 6.04 Å². The zero-order valence-electron chi connectivity index (χ0n) is 8.62. The number of allylic oxidation sites excluding steroid dienone is 1. The highest BCUT2D eigenvalue weighted by Gasteiger charge is 2.07.